The lowest BCUT2D eigenvalue weighted by Gasteiger charge is -2.34. The van der Waals surface area contributed by atoms with Gasteiger partial charge in [-0.1, -0.05) is 32.0 Å². The highest BCUT2D eigenvalue weighted by atomic mass is 16.5. The Morgan fingerprint density at radius 3 is 2.64 bits per heavy atom. The van der Waals surface area contributed by atoms with Gasteiger partial charge < -0.3 is 15.4 Å². The zero-order chi connectivity index (χ0) is 18.2. The molecule has 1 aliphatic rings. The molecule has 25 heavy (non-hydrogen) atoms. The molecule has 2 unspecified atom stereocenters. The van der Waals surface area contributed by atoms with Crippen LogP contribution in [0.2, 0.25) is 0 Å². The smallest absolute Gasteiger partial charge is 0.251 e. The molecule has 0 aliphatic carbocycles. The third kappa shape index (κ3) is 6.48. The van der Waals surface area contributed by atoms with Crippen molar-refractivity contribution in [2.24, 2.45) is 5.92 Å². The van der Waals surface area contributed by atoms with Crippen molar-refractivity contribution < 1.29 is 14.3 Å². The van der Waals surface area contributed by atoms with Gasteiger partial charge in [0.25, 0.3) is 5.91 Å². The summed E-state index contributed by atoms with van der Waals surface area (Å²) in [5.41, 5.74) is 0.544. The molecule has 1 aromatic rings. The first kappa shape index (κ1) is 19.4. The van der Waals surface area contributed by atoms with Gasteiger partial charge in [0.15, 0.2) is 0 Å². The molecule has 2 rings (SSSR count). The maximum absolute atomic E-state index is 12.2. The molecule has 6 heteroatoms. The van der Waals surface area contributed by atoms with E-state index in [9.17, 15) is 9.59 Å². The minimum absolute atomic E-state index is 0.00604. The van der Waals surface area contributed by atoms with Gasteiger partial charge >= 0.3 is 0 Å². The van der Waals surface area contributed by atoms with Crippen LogP contribution in [0, 0.1) is 5.92 Å². The Morgan fingerprint density at radius 2 is 1.96 bits per heavy atom. The van der Waals surface area contributed by atoms with Gasteiger partial charge in [-0.15, -0.1) is 0 Å². The summed E-state index contributed by atoms with van der Waals surface area (Å²) in [6, 6.07) is 8.28. The van der Waals surface area contributed by atoms with Crippen molar-refractivity contribution in [1.82, 2.24) is 15.5 Å². The molecule has 2 atom stereocenters. The van der Waals surface area contributed by atoms with Gasteiger partial charge in [-0.3, -0.25) is 14.5 Å². The van der Waals surface area contributed by atoms with Gasteiger partial charge in [-0.2, -0.15) is 0 Å². The summed E-state index contributed by atoms with van der Waals surface area (Å²) in [5, 5.41) is 5.59. The first-order valence-corrected chi connectivity index (χ1v) is 8.93. The lowest BCUT2D eigenvalue weighted by Crippen LogP contribution is -2.51. The molecular formula is C19H29N3O3. The van der Waals surface area contributed by atoms with E-state index in [0.29, 0.717) is 24.6 Å². The second-order valence-electron chi connectivity index (χ2n) is 6.95. The summed E-state index contributed by atoms with van der Waals surface area (Å²) in [6.07, 6.45) is -0.00604. The van der Waals surface area contributed by atoms with Crippen LogP contribution >= 0.6 is 0 Å². The maximum Gasteiger partial charge on any atom is 0.251 e. The molecular weight excluding hydrogens is 318 g/mol. The zero-order valence-corrected chi connectivity index (χ0v) is 15.3. The molecule has 2 amide bonds. The molecule has 6 nitrogen and oxygen atoms in total. The first-order valence-electron chi connectivity index (χ1n) is 8.93. The van der Waals surface area contributed by atoms with Crippen LogP contribution in [0.25, 0.3) is 0 Å². The average Bonchev–Trinajstić information content (AvgIpc) is 2.60. The van der Waals surface area contributed by atoms with Gasteiger partial charge in [0, 0.05) is 31.7 Å². The third-order valence-electron chi connectivity index (χ3n) is 4.13. The summed E-state index contributed by atoms with van der Waals surface area (Å²) < 4.78 is 5.73. The fourth-order valence-electron chi connectivity index (χ4n) is 2.89. The lowest BCUT2D eigenvalue weighted by atomic mass is 10.1. The molecule has 1 aliphatic heterocycles. The number of hydrogen-bond donors (Lipinski definition) is 2. The van der Waals surface area contributed by atoms with Crippen molar-refractivity contribution in [3.05, 3.63) is 35.9 Å². The predicted octanol–water partition coefficient (Wildman–Crippen LogP) is 1.28. The summed E-state index contributed by atoms with van der Waals surface area (Å²) in [7, 11) is 0. The van der Waals surface area contributed by atoms with Crippen LogP contribution in [-0.4, -0.2) is 61.6 Å². The second-order valence-corrected chi connectivity index (χ2v) is 6.95. The first-order chi connectivity index (χ1) is 12.0. The number of nitrogens with one attached hydrogen (secondary N) is 2. The Kier molecular flexibility index (Phi) is 7.40. The van der Waals surface area contributed by atoms with Crippen LogP contribution in [0.3, 0.4) is 0 Å². The van der Waals surface area contributed by atoms with Crippen LogP contribution in [0.5, 0.6) is 0 Å². The third-order valence-corrected chi connectivity index (χ3v) is 4.13. The summed E-state index contributed by atoms with van der Waals surface area (Å²) in [5.74, 6) is 0.163. The number of benzene rings is 1. The van der Waals surface area contributed by atoms with Gasteiger partial charge in [0.2, 0.25) is 5.91 Å². The van der Waals surface area contributed by atoms with E-state index < -0.39 is 6.04 Å². The van der Waals surface area contributed by atoms with E-state index in [2.05, 4.69) is 29.4 Å². The number of rotatable bonds is 7. The van der Waals surface area contributed by atoms with Crippen molar-refractivity contribution in [3.8, 4) is 0 Å². The molecule has 1 fully saturated rings. The number of ether oxygens (including phenoxy) is 1. The number of amides is 2. The van der Waals surface area contributed by atoms with Gasteiger partial charge in [-0.25, -0.2) is 0 Å². The largest absolute Gasteiger partial charge is 0.374 e. The second kappa shape index (κ2) is 9.53. The lowest BCUT2D eigenvalue weighted by molar-refractivity contribution is -0.123. The Bertz CT molecular complexity index is 562. The Hall–Kier alpha value is -1.92. The van der Waals surface area contributed by atoms with E-state index >= 15 is 0 Å². The van der Waals surface area contributed by atoms with Crippen molar-refractivity contribution in [1.29, 1.82) is 0 Å². The molecule has 0 bridgehead atoms. The van der Waals surface area contributed by atoms with Crippen LogP contribution in [0.4, 0.5) is 0 Å². The van der Waals surface area contributed by atoms with Crippen LogP contribution < -0.4 is 10.6 Å². The number of nitrogens with zero attached hydrogens (tertiary/aromatic N) is 1. The number of carbonyl (C=O) groups excluding carboxylic acids is 2. The monoisotopic (exact) mass is 347 g/mol. The molecule has 0 radical (unpaired) electrons. The average molecular weight is 347 g/mol. The molecule has 0 saturated carbocycles. The van der Waals surface area contributed by atoms with E-state index in [4.69, 9.17) is 4.74 Å². The number of carbonyl (C=O) groups is 2. The minimum Gasteiger partial charge on any atom is -0.374 e. The SMILES string of the molecule is CC(C)CN1CCOC(CNC(=O)C(C)NC(=O)c2ccccc2)C1. The zero-order valence-electron chi connectivity index (χ0n) is 15.3. The number of hydrogen-bond acceptors (Lipinski definition) is 4. The minimum atomic E-state index is -0.594. The van der Waals surface area contributed by atoms with Gasteiger partial charge in [0.05, 0.1) is 12.7 Å². The molecule has 1 heterocycles. The van der Waals surface area contributed by atoms with E-state index in [0.717, 1.165) is 19.6 Å². The maximum atomic E-state index is 12.2. The summed E-state index contributed by atoms with van der Waals surface area (Å²) in [6.45, 7) is 10.0. The predicted molar refractivity (Wildman–Crippen MR) is 97.4 cm³/mol. The highest BCUT2D eigenvalue weighted by Gasteiger charge is 2.23. The molecule has 2 N–H and O–H groups in total. The standard InChI is InChI=1S/C19H29N3O3/c1-14(2)12-22-9-10-25-17(13-22)11-20-18(23)15(3)21-19(24)16-7-5-4-6-8-16/h4-8,14-15,17H,9-13H2,1-3H3,(H,20,23)(H,21,24). The van der Waals surface area contributed by atoms with Crippen molar-refractivity contribution in [2.75, 3.05) is 32.8 Å². The van der Waals surface area contributed by atoms with Gasteiger partial charge in [0.1, 0.15) is 6.04 Å². The van der Waals surface area contributed by atoms with E-state index in [1.165, 1.54) is 0 Å². The normalized spacial score (nSPS) is 19.4. The van der Waals surface area contributed by atoms with Crippen LogP contribution in [-0.2, 0) is 9.53 Å². The van der Waals surface area contributed by atoms with Gasteiger partial charge in [-0.05, 0) is 25.0 Å². The Morgan fingerprint density at radius 1 is 1.24 bits per heavy atom. The van der Waals surface area contributed by atoms with E-state index in [1.54, 1.807) is 31.2 Å². The van der Waals surface area contributed by atoms with Crippen LogP contribution in [0.15, 0.2) is 30.3 Å². The Labute approximate surface area is 149 Å². The molecule has 1 saturated heterocycles. The van der Waals surface area contributed by atoms with E-state index in [-0.39, 0.29) is 17.9 Å². The highest BCUT2D eigenvalue weighted by Crippen LogP contribution is 2.07. The van der Waals surface area contributed by atoms with Crippen molar-refractivity contribution in [2.45, 2.75) is 32.9 Å². The fraction of sp³-hybridized carbons (Fsp3) is 0.579. The fourth-order valence-corrected chi connectivity index (χ4v) is 2.89. The Balaban J connectivity index is 1.74. The highest BCUT2D eigenvalue weighted by molar-refractivity contribution is 5.97. The summed E-state index contributed by atoms with van der Waals surface area (Å²) in [4.78, 5) is 26.7. The molecule has 0 aromatic heterocycles. The van der Waals surface area contributed by atoms with E-state index in [1.807, 2.05) is 6.07 Å². The quantitative estimate of drug-likeness (QED) is 0.779. The van der Waals surface area contributed by atoms with Crippen molar-refractivity contribution in [3.63, 3.8) is 0 Å². The summed E-state index contributed by atoms with van der Waals surface area (Å²) >= 11 is 0. The van der Waals surface area contributed by atoms with Crippen LogP contribution in [0.1, 0.15) is 31.1 Å². The number of morpholine rings is 1. The molecule has 1 aromatic carbocycles. The van der Waals surface area contributed by atoms with Crippen molar-refractivity contribution >= 4 is 11.8 Å². The molecule has 0 spiro atoms. The molecule has 138 valence electrons. The topological polar surface area (TPSA) is 70.7 Å².